The maximum Gasteiger partial charge on any atom is 0.282 e. The van der Waals surface area contributed by atoms with E-state index in [1.54, 1.807) is 19.4 Å². The lowest BCUT2D eigenvalue weighted by Gasteiger charge is -2.15. The Morgan fingerprint density at radius 1 is 1.17 bits per heavy atom. The molecule has 1 aromatic heterocycles. The van der Waals surface area contributed by atoms with Crippen LogP contribution in [-0.4, -0.2) is 23.0 Å². The van der Waals surface area contributed by atoms with Crippen molar-refractivity contribution in [2.45, 2.75) is 39.7 Å². The van der Waals surface area contributed by atoms with E-state index in [0.29, 0.717) is 34.8 Å². The fourth-order valence-corrected chi connectivity index (χ4v) is 4.84. The minimum atomic E-state index is -0.201. The summed E-state index contributed by atoms with van der Waals surface area (Å²) < 4.78 is 14.8. The highest BCUT2D eigenvalue weighted by Gasteiger charge is 2.16. The summed E-state index contributed by atoms with van der Waals surface area (Å²) in [5.74, 6) is 1.97. The van der Waals surface area contributed by atoms with E-state index in [2.05, 4.69) is 81.7 Å². The van der Waals surface area contributed by atoms with Crippen LogP contribution in [0.5, 0.6) is 11.5 Å². The van der Waals surface area contributed by atoms with Crippen molar-refractivity contribution in [3.8, 4) is 11.5 Å². The van der Waals surface area contributed by atoms with Gasteiger partial charge >= 0.3 is 0 Å². The van der Waals surface area contributed by atoms with Gasteiger partial charge in [-0.15, -0.1) is 0 Å². The normalized spacial score (nSPS) is 12.3. The van der Waals surface area contributed by atoms with Gasteiger partial charge in [-0.3, -0.25) is 4.79 Å². The lowest BCUT2D eigenvalue weighted by molar-refractivity contribution is 0.282. The van der Waals surface area contributed by atoms with Gasteiger partial charge in [0.05, 0.1) is 27.8 Å². The van der Waals surface area contributed by atoms with Crippen molar-refractivity contribution in [3.63, 3.8) is 0 Å². The molecule has 0 aliphatic carbocycles. The summed E-state index contributed by atoms with van der Waals surface area (Å²) in [6.45, 7) is 6.61. The van der Waals surface area contributed by atoms with Gasteiger partial charge in [-0.2, -0.15) is 9.78 Å². The van der Waals surface area contributed by atoms with Crippen molar-refractivity contribution < 1.29 is 9.47 Å². The predicted molar refractivity (Wildman–Crippen MR) is 157 cm³/mol. The molecule has 1 atom stereocenters. The standard InChI is InChI=1S/C28H27BrIN3O3/c1-5-18(3)27-32-24-11-10-21(29)14-22(24)28(34)33(27)31-15-20-12-23(30)26(25(13-20)35-4)36-16-19-8-6-17(2)7-9-19/h6-15,18H,5,16H2,1-4H3/t18-/m1/s1. The zero-order valence-corrected chi connectivity index (χ0v) is 24.3. The Morgan fingerprint density at radius 3 is 2.61 bits per heavy atom. The van der Waals surface area contributed by atoms with Crippen LogP contribution in [0.2, 0.25) is 0 Å². The van der Waals surface area contributed by atoms with Gasteiger partial charge in [0.15, 0.2) is 11.5 Å². The van der Waals surface area contributed by atoms with Crippen LogP contribution >= 0.6 is 38.5 Å². The number of methoxy groups -OCH3 is 1. The quantitative estimate of drug-likeness (QED) is 0.150. The monoisotopic (exact) mass is 659 g/mol. The first-order valence-electron chi connectivity index (χ1n) is 11.6. The molecule has 8 heteroatoms. The highest BCUT2D eigenvalue weighted by atomic mass is 127. The molecule has 4 aromatic rings. The molecule has 0 aliphatic rings. The fourth-order valence-electron chi connectivity index (χ4n) is 3.70. The molecule has 0 N–H and O–H groups in total. The van der Waals surface area contributed by atoms with Crippen molar-refractivity contribution in [1.82, 2.24) is 9.66 Å². The highest BCUT2D eigenvalue weighted by molar-refractivity contribution is 14.1. The Balaban J connectivity index is 1.69. The predicted octanol–water partition coefficient (Wildman–Crippen LogP) is 7.06. The third-order valence-electron chi connectivity index (χ3n) is 5.96. The Labute approximate surface area is 232 Å². The molecule has 0 aliphatic heterocycles. The fraction of sp³-hybridized carbons (Fsp3) is 0.250. The van der Waals surface area contributed by atoms with Gasteiger partial charge in [0.1, 0.15) is 12.4 Å². The molecule has 4 rings (SSSR count). The summed E-state index contributed by atoms with van der Waals surface area (Å²) in [6.07, 6.45) is 2.50. The summed E-state index contributed by atoms with van der Waals surface area (Å²) in [5.41, 5.74) is 3.54. The molecule has 0 saturated carbocycles. The van der Waals surface area contributed by atoms with Crippen LogP contribution in [0.15, 0.2) is 69.0 Å². The minimum absolute atomic E-state index is 0.0649. The zero-order valence-electron chi connectivity index (χ0n) is 20.6. The lowest BCUT2D eigenvalue weighted by Crippen LogP contribution is -2.23. The van der Waals surface area contributed by atoms with Crippen LogP contribution in [0.25, 0.3) is 10.9 Å². The second kappa shape index (κ2) is 11.6. The van der Waals surface area contributed by atoms with E-state index in [0.717, 1.165) is 25.6 Å². The molecular formula is C28H27BrIN3O3. The smallest absolute Gasteiger partial charge is 0.282 e. The van der Waals surface area contributed by atoms with Crippen LogP contribution in [0.3, 0.4) is 0 Å². The maximum absolute atomic E-state index is 13.4. The van der Waals surface area contributed by atoms with Crippen LogP contribution in [-0.2, 0) is 6.61 Å². The third kappa shape index (κ3) is 5.81. The van der Waals surface area contributed by atoms with Crippen molar-refractivity contribution in [2.24, 2.45) is 5.10 Å². The Kier molecular flexibility index (Phi) is 8.46. The molecule has 6 nitrogen and oxygen atoms in total. The molecular weight excluding hydrogens is 633 g/mol. The molecule has 0 fully saturated rings. The van der Waals surface area contributed by atoms with Gasteiger partial charge in [0.25, 0.3) is 5.56 Å². The van der Waals surface area contributed by atoms with Crippen LogP contribution < -0.4 is 15.0 Å². The largest absolute Gasteiger partial charge is 0.493 e. The zero-order chi connectivity index (χ0) is 25.8. The average Bonchev–Trinajstić information content (AvgIpc) is 2.87. The third-order valence-corrected chi connectivity index (χ3v) is 7.26. The van der Waals surface area contributed by atoms with E-state index < -0.39 is 0 Å². The molecule has 0 bridgehead atoms. The van der Waals surface area contributed by atoms with Gasteiger partial charge in [-0.25, -0.2) is 4.98 Å². The van der Waals surface area contributed by atoms with Gasteiger partial charge in [-0.1, -0.05) is 59.6 Å². The second-order valence-corrected chi connectivity index (χ2v) is 10.7. The maximum atomic E-state index is 13.4. The van der Waals surface area contributed by atoms with Gasteiger partial charge in [0, 0.05) is 10.4 Å². The number of hydrogen-bond acceptors (Lipinski definition) is 5. The molecule has 3 aromatic carbocycles. The van der Waals surface area contributed by atoms with E-state index in [4.69, 9.17) is 14.5 Å². The lowest BCUT2D eigenvalue weighted by atomic mass is 10.1. The number of benzene rings is 3. The van der Waals surface area contributed by atoms with Gasteiger partial charge in [-0.05, 0) is 77.4 Å². The van der Waals surface area contributed by atoms with Gasteiger partial charge in [0.2, 0.25) is 0 Å². The van der Waals surface area contributed by atoms with E-state index >= 15 is 0 Å². The molecule has 0 amide bonds. The van der Waals surface area contributed by atoms with E-state index in [1.807, 2.05) is 31.2 Å². The van der Waals surface area contributed by atoms with E-state index in [9.17, 15) is 4.79 Å². The molecule has 0 saturated heterocycles. The number of fused-ring (bicyclic) bond motifs is 1. The molecule has 0 radical (unpaired) electrons. The number of ether oxygens (including phenoxy) is 2. The first-order valence-corrected chi connectivity index (χ1v) is 13.5. The summed E-state index contributed by atoms with van der Waals surface area (Å²) in [5, 5.41) is 5.09. The SMILES string of the molecule is CC[C@@H](C)c1nc2ccc(Br)cc2c(=O)n1N=Cc1cc(I)c(OCc2ccc(C)cc2)c(OC)c1. The van der Waals surface area contributed by atoms with Crippen molar-refractivity contribution in [3.05, 3.63) is 95.5 Å². The minimum Gasteiger partial charge on any atom is -0.493 e. The molecule has 36 heavy (non-hydrogen) atoms. The summed E-state index contributed by atoms with van der Waals surface area (Å²) in [7, 11) is 1.61. The summed E-state index contributed by atoms with van der Waals surface area (Å²) in [6, 6.07) is 17.6. The highest BCUT2D eigenvalue weighted by Crippen LogP contribution is 2.34. The van der Waals surface area contributed by atoms with Crippen LogP contribution in [0.1, 0.15) is 48.7 Å². The first-order chi connectivity index (χ1) is 17.3. The first kappa shape index (κ1) is 26.3. The summed E-state index contributed by atoms with van der Waals surface area (Å²) >= 11 is 5.68. The topological polar surface area (TPSA) is 65.7 Å². The number of hydrogen-bond donors (Lipinski definition) is 0. The number of aromatic nitrogens is 2. The van der Waals surface area contributed by atoms with Crippen LogP contribution in [0, 0.1) is 10.5 Å². The van der Waals surface area contributed by atoms with E-state index in [1.165, 1.54) is 10.2 Å². The Morgan fingerprint density at radius 2 is 1.92 bits per heavy atom. The average molecular weight is 660 g/mol. The number of nitrogens with zero attached hydrogens (tertiary/aromatic N) is 3. The molecule has 0 spiro atoms. The second-order valence-electron chi connectivity index (χ2n) is 8.61. The van der Waals surface area contributed by atoms with E-state index in [-0.39, 0.29) is 11.5 Å². The van der Waals surface area contributed by atoms with Crippen LogP contribution in [0.4, 0.5) is 0 Å². The van der Waals surface area contributed by atoms with Crippen molar-refractivity contribution in [2.75, 3.05) is 7.11 Å². The van der Waals surface area contributed by atoms with Crippen molar-refractivity contribution in [1.29, 1.82) is 0 Å². The Hall–Kier alpha value is -2.72. The number of halogens is 2. The molecule has 186 valence electrons. The van der Waals surface area contributed by atoms with Gasteiger partial charge < -0.3 is 9.47 Å². The van der Waals surface area contributed by atoms with Crippen molar-refractivity contribution >= 4 is 55.6 Å². The molecule has 0 unspecified atom stereocenters. The molecule has 1 heterocycles. The number of rotatable bonds is 8. The number of aryl methyl sites for hydroxylation is 1. The summed E-state index contributed by atoms with van der Waals surface area (Å²) in [4.78, 5) is 18.1. The Bertz CT molecular complexity index is 1480.